The van der Waals surface area contributed by atoms with Gasteiger partial charge in [0.05, 0.1) is 17.1 Å². The summed E-state index contributed by atoms with van der Waals surface area (Å²) in [4.78, 5) is -1.00. The quantitative estimate of drug-likeness (QED) is 0.717. The van der Waals surface area contributed by atoms with Crippen LogP contribution in [0.1, 0.15) is 46.6 Å². The van der Waals surface area contributed by atoms with Gasteiger partial charge in [-0.2, -0.15) is 0 Å². The third kappa shape index (κ3) is 4.55. The summed E-state index contributed by atoms with van der Waals surface area (Å²) in [6.07, 6.45) is 0.633. The smallest absolute Gasteiger partial charge is 0.207 e. The maximum absolute atomic E-state index is 12.8. The summed E-state index contributed by atoms with van der Waals surface area (Å²) in [5.74, 6) is 0.313. The normalized spacial score (nSPS) is 15.7. The maximum Gasteiger partial charge on any atom is 0.207 e. The molecule has 0 spiro atoms. The Kier molecular flexibility index (Phi) is 6.41. The van der Waals surface area contributed by atoms with Gasteiger partial charge in [-0.25, -0.2) is 8.42 Å². The van der Waals surface area contributed by atoms with E-state index in [1.165, 1.54) is 0 Å². The molecule has 0 heterocycles. The average Bonchev–Trinajstić information content (AvgIpc) is 2.46. The molecule has 0 aliphatic heterocycles. The number of methoxy groups -OCH3 is 1. The van der Waals surface area contributed by atoms with Gasteiger partial charge in [-0.05, 0) is 52.2 Å². The standard InChI is InChI=1S/C18H30O4S/c1-14(2)18(6,21-7)12-13-22-17(4,5)23(19,20)16-10-8-15(3)9-11-16/h8-11,14H,12-13H2,1-7H3. The lowest BCUT2D eigenvalue weighted by Crippen LogP contribution is -2.39. The lowest BCUT2D eigenvalue weighted by atomic mass is 9.89. The SMILES string of the molecule is COC(C)(CCOC(C)(C)S(=O)(=O)c1ccc(C)cc1)C(C)C. The highest BCUT2D eigenvalue weighted by Crippen LogP contribution is 2.29. The van der Waals surface area contributed by atoms with Crippen molar-refractivity contribution < 1.29 is 17.9 Å². The van der Waals surface area contributed by atoms with Crippen LogP contribution in [0.4, 0.5) is 0 Å². The van der Waals surface area contributed by atoms with Gasteiger partial charge in [0, 0.05) is 7.11 Å². The Morgan fingerprint density at radius 1 is 1.09 bits per heavy atom. The van der Waals surface area contributed by atoms with E-state index in [1.54, 1.807) is 45.2 Å². The van der Waals surface area contributed by atoms with Gasteiger partial charge in [0.2, 0.25) is 9.84 Å². The van der Waals surface area contributed by atoms with Crippen molar-refractivity contribution in [1.82, 2.24) is 0 Å². The van der Waals surface area contributed by atoms with Crippen LogP contribution in [-0.2, 0) is 19.3 Å². The Hall–Kier alpha value is -0.910. The Labute approximate surface area is 141 Å². The number of rotatable bonds is 8. The van der Waals surface area contributed by atoms with E-state index < -0.39 is 14.8 Å². The molecule has 1 atom stereocenters. The van der Waals surface area contributed by atoms with E-state index in [0.29, 0.717) is 18.9 Å². The number of ether oxygens (including phenoxy) is 2. The second kappa shape index (κ2) is 7.32. The van der Waals surface area contributed by atoms with Crippen molar-refractivity contribution in [3.63, 3.8) is 0 Å². The van der Waals surface area contributed by atoms with Crippen LogP contribution in [0, 0.1) is 12.8 Å². The highest BCUT2D eigenvalue weighted by molar-refractivity contribution is 7.92. The van der Waals surface area contributed by atoms with Gasteiger partial charge in [0.1, 0.15) is 0 Å². The molecule has 1 aromatic carbocycles. The zero-order valence-electron chi connectivity index (χ0n) is 15.3. The van der Waals surface area contributed by atoms with Crippen molar-refractivity contribution >= 4 is 9.84 Å². The Balaban J connectivity index is 2.84. The minimum Gasteiger partial charge on any atom is -0.378 e. The molecule has 0 radical (unpaired) electrons. The summed E-state index contributed by atoms with van der Waals surface area (Å²) in [5.41, 5.74) is 0.694. The van der Waals surface area contributed by atoms with Crippen molar-refractivity contribution in [1.29, 1.82) is 0 Å². The van der Waals surface area contributed by atoms with E-state index in [0.717, 1.165) is 5.56 Å². The fraction of sp³-hybridized carbons (Fsp3) is 0.667. The molecule has 0 aliphatic rings. The van der Waals surface area contributed by atoms with Crippen LogP contribution in [0.25, 0.3) is 0 Å². The number of hydrogen-bond donors (Lipinski definition) is 0. The molecule has 0 aromatic heterocycles. The predicted octanol–water partition coefficient (Wildman–Crippen LogP) is 3.97. The lowest BCUT2D eigenvalue weighted by Gasteiger charge is -2.34. The van der Waals surface area contributed by atoms with Gasteiger partial charge < -0.3 is 9.47 Å². The van der Waals surface area contributed by atoms with Gasteiger partial charge in [-0.1, -0.05) is 31.5 Å². The maximum atomic E-state index is 12.8. The van der Waals surface area contributed by atoms with Gasteiger partial charge in [-0.3, -0.25) is 0 Å². The van der Waals surface area contributed by atoms with Crippen LogP contribution in [0.15, 0.2) is 29.2 Å². The minimum absolute atomic E-state index is 0.284. The van der Waals surface area contributed by atoms with Gasteiger partial charge in [0.25, 0.3) is 0 Å². The second-order valence-electron chi connectivity index (χ2n) is 6.99. The van der Waals surface area contributed by atoms with Crippen LogP contribution < -0.4 is 0 Å². The zero-order valence-corrected chi connectivity index (χ0v) is 16.2. The molecule has 0 saturated heterocycles. The number of sulfone groups is 1. The molecular weight excluding hydrogens is 312 g/mol. The number of aryl methyl sites for hydroxylation is 1. The van der Waals surface area contributed by atoms with Crippen LogP contribution >= 0.6 is 0 Å². The van der Waals surface area contributed by atoms with Crippen LogP contribution in [-0.4, -0.2) is 32.7 Å². The van der Waals surface area contributed by atoms with E-state index >= 15 is 0 Å². The summed E-state index contributed by atoms with van der Waals surface area (Å²) in [6, 6.07) is 6.85. The fourth-order valence-corrected chi connectivity index (χ4v) is 3.51. The number of hydrogen-bond acceptors (Lipinski definition) is 4. The summed E-state index contributed by atoms with van der Waals surface area (Å²) in [6.45, 7) is 11.6. The first kappa shape index (κ1) is 20.1. The summed E-state index contributed by atoms with van der Waals surface area (Å²) in [7, 11) is -1.89. The van der Waals surface area contributed by atoms with Crippen LogP contribution in [0.5, 0.6) is 0 Å². The van der Waals surface area contributed by atoms with E-state index in [-0.39, 0.29) is 10.5 Å². The molecule has 132 valence electrons. The average molecular weight is 343 g/mol. The van der Waals surface area contributed by atoms with Crippen molar-refractivity contribution in [2.24, 2.45) is 5.92 Å². The zero-order chi connectivity index (χ0) is 17.9. The summed E-state index contributed by atoms with van der Waals surface area (Å²) >= 11 is 0. The minimum atomic E-state index is -3.56. The van der Waals surface area contributed by atoms with Crippen molar-refractivity contribution in [2.45, 2.75) is 63.4 Å². The third-order valence-corrected chi connectivity index (χ3v) is 7.02. The van der Waals surface area contributed by atoms with Crippen molar-refractivity contribution in [3.05, 3.63) is 29.8 Å². The molecule has 0 fully saturated rings. The predicted molar refractivity (Wildman–Crippen MR) is 93.3 cm³/mol. The molecular formula is C18H30O4S. The van der Waals surface area contributed by atoms with E-state index in [2.05, 4.69) is 13.8 Å². The molecule has 4 nitrogen and oxygen atoms in total. The molecule has 1 aromatic rings. The Bertz CT molecular complexity index is 602. The fourth-order valence-electron chi connectivity index (χ4n) is 2.20. The monoisotopic (exact) mass is 342 g/mol. The first-order valence-electron chi connectivity index (χ1n) is 7.97. The molecule has 1 unspecified atom stereocenters. The summed E-state index contributed by atoms with van der Waals surface area (Å²) < 4.78 is 36.9. The van der Waals surface area contributed by atoms with Crippen LogP contribution in [0.2, 0.25) is 0 Å². The molecule has 0 N–H and O–H groups in total. The topological polar surface area (TPSA) is 52.6 Å². The van der Waals surface area contributed by atoms with Crippen LogP contribution in [0.3, 0.4) is 0 Å². The van der Waals surface area contributed by atoms with Gasteiger partial charge in [-0.15, -0.1) is 0 Å². The molecule has 0 aliphatic carbocycles. The van der Waals surface area contributed by atoms with E-state index in [4.69, 9.17) is 9.47 Å². The van der Waals surface area contributed by atoms with E-state index in [9.17, 15) is 8.42 Å². The van der Waals surface area contributed by atoms with E-state index in [1.807, 2.05) is 13.8 Å². The molecule has 0 amide bonds. The largest absolute Gasteiger partial charge is 0.378 e. The Morgan fingerprint density at radius 2 is 1.61 bits per heavy atom. The van der Waals surface area contributed by atoms with Crippen molar-refractivity contribution in [3.8, 4) is 0 Å². The molecule has 0 saturated carbocycles. The highest BCUT2D eigenvalue weighted by atomic mass is 32.2. The number of benzene rings is 1. The van der Waals surface area contributed by atoms with Gasteiger partial charge >= 0.3 is 0 Å². The molecule has 0 bridgehead atoms. The Morgan fingerprint density at radius 3 is 2.04 bits per heavy atom. The summed E-state index contributed by atoms with van der Waals surface area (Å²) in [5, 5.41) is 0. The molecule has 5 heteroatoms. The molecule has 1 rings (SSSR count). The third-order valence-electron chi connectivity index (χ3n) is 4.71. The molecule has 23 heavy (non-hydrogen) atoms. The highest BCUT2D eigenvalue weighted by Gasteiger charge is 2.37. The van der Waals surface area contributed by atoms with Crippen molar-refractivity contribution in [2.75, 3.05) is 13.7 Å². The second-order valence-corrected chi connectivity index (χ2v) is 9.45. The lowest BCUT2D eigenvalue weighted by molar-refractivity contribution is -0.0670. The van der Waals surface area contributed by atoms with Gasteiger partial charge in [0.15, 0.2) is 4.93 Å². The first-order chi connectivity index (χ1) is 10.5. The first-order valence-corrected chi connectivity index (χ1v) is 9.45.